The van der Waals surface area contributed by atoms with Crippen molar-refractivity contribution in [1.29, 1.82) is 0 Å². The van der Waals surface area contributed by atoms with Crippen LogP contribution in [0.25, 0.3) is 5.53 Å². The molecule has 352 valence electrons. The maximum absolute atomic E-state index is 13.8. The number of fused-ring (bicyclic) bond motifs is 1. The van der Waals surface area contributed by atoms with Gasteiger partial charge in [0.2, 0.25) is 41.2 Å². The van der Waals surface area contributed by atoms with E-state index in [0.29, 0.717) is 36.6 Å². The number of hydrogen-bond donors (Lipinski definition) is 8. The minimum absolute atomic E-state index is 0.0179. The van der Waals surface area contributed by atoms with Crippen molar-refractivity contribution >= 4 is 65.2 Å². The Bertz CT molecular complexity index is 1960. The first-order valence-electron chi connectivity index (χ1n) is 21.7. The normalized spacial score (nSPS) is 17.4. The highest BCUT2D eigenvalue weighted by atomic mass is 32.2. The van der Waals surface area contributed by atoms with Gasteiger partial charge in [-0.05, 0) is 30.4 Å². The van der Waals surface area contributed by atoms with E-state index in [1.165, 1.54) is 6.92 Å². The summed E-state index contributed by atoms with van der Waals surface area (Å²) in [5, 5.41) is 22.2. The van der Waals surface area contributed by atoms with E-state index in [1.807, 2.05) is 11.8 Å². The van der Waals surface area contributed by atoms with E-state index in [9.17, 15) is 38.4 Å². The molecule has 0 aromatic heterocycles. The molecular weight excluding hydrogens is 861 g/mol. The molecule has 6 atom stereocenters. The number of Topliss-reactive ketones (excluding diaryl/α,β-unsaturated/α-hetero) is 1. The number of thioether (sulfide) groups is 1. The molecule has 4 rings (SSSR count). The summed E-state index contributed by atoms with van der Waals surface area (Å²) < 4.78 is 11.0. The summed E-state index contributed by atoms with van der Waals surface area (Å²) in [6.07, 6.45) is 3.30. The predicted octanol–water partition coefficient (Wildman–Crippen LogP) is -0.296. The standard InChI is InChI=1S/C44H60N10O10S/c1-29(55)50-35(25-31-12-6-3-7-13-31)43(61)51-33(17-16-32(56)26-49-45)42(60)52-34(24-30-10-4-2-5-11-30)41(59)48-27-39(58)47-19-21-64-23-22-63-20-18-46-38(57)15-9-8-14-37-40-36(28-65-37)53-44(62)54-40/h2-7,10-13,26,33-37,40H,8-9,14-25,27-28H2,1H3,(H,46,57)(H,47,58)(H,48,59)(H,50,55)(H,51,61)(H,52,60)(H2,53,54,62)/t33-,34-,35-,36-,37-,40-/m0/s1. The number of urea groups is 1. The van der Waals surface area contributed by atoms with Crippen molar-refractivity contribution in [3.05, 3.63) is 77.3 Å². The molecule has 0 spiro atoms. The van der Waals surface area contributed by atoms with Crippen molar-refractivity contribution in [3.8, 4) is 0 Å². The zero-order valence-electron chi connectivity index (χ0n) is 36.5. The van der Waals surface area contributed by atoms with Crippen LogP contribution in [0.4, 0.5) is 4.79 Å². The first-order chi connectivity index (χ1) is 31.4. The molecule has 2 fully saturated rings. The number of benzene rings is 2. The molecule has 2 aliphatic rings. The van der Waals surface area contributed by atoms with Crippen LogP contribution in [0.3, 0.4) is 0 Å². The van der Waals surface area contributed by atoms with Crippen molar-refractivity contribution in [2.24, 2.45) is 0 Å². The summed E-state index contributed by atoms with van der Waals surface area (Å²) in [6.45, 7) is 2.36. The van der Waals surface area contributed by atoms with Crippen LogP contribution >= 0.6 is 11.8 Å². The minimum atomic E-state index is -1.36. The van der Waals surface area contributed by atoms with Gasteiger partial charge in [-0.25, -0.2) is 4.79 Å². The van der Waals surface area contributed by atoms with Gasteiger partial charge in [-0.15, -0.1) is 0 Å². The van der Waals surface area contributed by atoms with E-state index in [4.69, 9.17) is 15.0 Å². The number of ketones is 1. The molecule has 0 radical (unpaired) electrons. The van der Waals surface area contributed by atoms with Crippen LogP contribution in [0.1, 0.15) is 56.6 Å². The minimum Gasteiger partial charge on any atom is -0.377 e. The molecule has 0 saturated carbocycles. The fourth-order valence-electron chi connectivity index (χ4n) is 7.16. The molecule has 2 heterocycles. The van der Waals surface area contributed by atoms with E-state index in [0.717, 1.165) is 30.6 Å². The number of nitrogens with one attached hydrogen (secondary N) is 8. The molecule has 20 nitrogen and oxygen atoms in total. The number of amides is 8. The topological polar surface area (TPSA) is 288 Å². The molecule has 8 N–H and O–H groups in total. The predicted molar refractivity (Wildman–Crippen MR) is 240 cm³/mol. The number of unbranched alkanes of at least 4 members (excludes halogenated alkanes) is 1. The number of carbonyl (C=O) groups is 8. The number of ether oxygens (including phenoxy) is 2. The third kappa shape index (κ3) is 19.6. The van der Waals surface area contributed by atoms with Crippen molar-refractivity contribution in [3.63, 3.8) is 0 Å². The molecule has 8 amide bonds. The van der Waals surface area contributed by atoms with Crippen LogP contribution in [0, 0.1) is 0 Å². The summed E-state index contributed by atoms with van der Waals surface area (Å²) in [4.78, 5) is 104. The van der Waals surface area contributed by atoms with Crippen LogP contribution in [-0.4, -0.2) is 146 Å². The fraction of sp³-hybridized carbons (Fsp3) is 0.523. The highest BCUT2D eigenvalue weighted by Gasteiger charge is 2.42. The molecule has 0 unspecified atom stereocenters. The average molecular weight is 921 g/mol. The smallest absolute Gasteiger partial charge is 0.323 e. The third-order valence-corrected chi connectivity index (χ3v) is 11.9. The number of rotatable bonds is 30. The Balaban J connectivity index is 1.15. The second-order valence-electron chi connectivity index (χ2n) is 15.5. The maximum Gasteiger partial charge on any atom is 0.323 e. The highest BCUT2D eigenvalue weighted by molar-refractivity contribution is 8.00. The molecule has 2 aromatic carbocycles. The average Bonchev–Trinajstić information content (AvgIpc) is 3.85. The first-order valence-corrected chi connectivity index (χ1v) is 22.8. The molecule has 2 aliphatic heterocycles. The lowest BCUT2D eigenvalue weighted by atomic mass is 10.0. The quantitative estimate of drug-likeness (QED) is 0.0166. The largest absolute Gasteiger partial charge is 0.377 e. The Morgan fingerprint density at radius 1 is 0.738 bits per heavy atom. The van der Waals surface area contributed by atoms with Crippen LogP contribution in [0.15, 0.2) is 60.7 Å². The number of hydrogen-bond acceptors (Lipinski definition) is 11. The lowest BCUT2D eigenvalue weighted by Gasteiger charge is -2.25. The van der Waals surface area contributed by atoms with Gasteiger partial charge < -0.3 is 57.5 Å². The zero-order chi connectivity index (χ0) is 46.8. The summed E-state index contributed by atoms with van der Waals surface area (Å²) >= 11 is 1.86. The van der Waals surface area contributed by atoms with Gasteiger partial charge in [0.1, 0.15) is 18.1 Å². The summed E-state index contributed by atoms with van der Waals surface area (Å²) in [5.41, 5.74) is 10.2. The van der Waals surface area contributed by atoms with E-state index < -0.39 is 60.0 Å². The van der Waals surface area contributed by atoms with Crippen LogP contribution in [0.2, 0.25) is 0 Å². The number of carbonyl (C=O) groups excluding carboxylic acids is 8. The monoisotopic (exact) mass is 920 g/mol. The lowest BCUT2D eigenvalue weighted by molar-refractivity contribution is -0.134. The second kappa shape index (κ2) is 28.6. The Labute approximate surface area is 382 Å². The van der Waals surface area contributed by atoms with Crippen molar-refractivity contribution in [2.45, 2.75) is 93.7 Å². The van der Waals surface area contributed by atoms with Gasteiger partial charge in [0.25, 0.3) is 0 Å². The summed E-state index contributed by atoms with van der Waals surface area (Å²) in [6, 6.07) is 14.3. The Hall–Kier alpha value is -6.15. The van der Waals surface area contributed by atoms with Crippen molar-refractivity contribution in [2.75, 3.05) is 51.8 Å². The molecule has 0 aliphatic carbocycles. The Kier molecular flexibility index (Phi) is 22.7. The Morgan fingerprint density at radius 2 is 1.32 bits per heavy atom. The third-order valence-electron chi connectivity index (χ3n) is 10.4. The number of nitrogens with zero attached hydrogens (tertiary/aromatic N) is 2. The van der Waals surface area contributed by atoms with Gasteiger partial charge in [-0.1, -0.05) is 67.1 Å². The van der Waals surface area contributed by atoms with E-state index >= 15 is 0 Å². The summed E-state index contributed by atoms with van der Waals surface area (Å²) in [7, 11) is 0. The molecule has 21 heteroatoms. The molecule has 65 heavy (non-hydrogen) atoms. The molecule has 0 bridgehead atoms. The van der Waals surface area contributed by atoms with Gasteiger partial charge in [0.15, 0.2) is 0 Å². The van der Waals surface area contributed by atoms with E-state index in [-0.39, 0.29) is 76.1 Å². The SMILES string of the molecule is CC(=O)N[C@@H](Cc1ccccc1)C(=O)N[C@@H](CCC(=O)C=[N+]=[N-])C(=O)N[C@@H](Cc1ccccc1)C(=O)NCC(=O)NCCOCCOCCNC(=O)CCCC[C@@H]1SC[C@@H]2NC(=O)N[C@@H]21. The van der Waals surface area contributed by atoms with E-state index in [1.54, 1.807) is 60.7 Å². The van der Waals surface area contributed by atoms with Crippen molar-refractivity contribution in [1.82, 2.24) is 42.5 Å². The van der Waals surface area contributed by atoms with Crippen LogP contribution < -0.4 is 42.5 Å². The van der Waals surface area contributed by atoms with E-state index in [2.05, 4.69) is 47.3 Å². The lowest BCUT2D eigenvalue weighted by Crippen LogP contribution is -2.57. The second-order valence-corrected chi connectivity index (χ2v) is 16.8. The maximum atomic E-state index is 13.8. The van der Waals surface area contributed by atoms with Crippen LogP contribution in [0.5, 0.6) is 0 Å². The first kappa shape index (κ1) is 51.5. The zero-order valence-corrected chi connectivity index (χ0v) is 37.3. The highest BCUT2D eigenvalue weighted by Crippen LogP contribution is 2.33. The van der Waals surface area contributed by atoms with Gasteiger partial charge in [-0.2, -0.15) is 16.6 Å². The Morgan fingerprint density at radius 3 is 1.94 bits per heavy atom. The van der Waals surface area contributed by atoms with Crippen molar-refractivity contribution < 1.29 is 52.6 Å². The van der Waals surface area contributed by atoms with Gasteiger partial charge in [0, 0.05) is 56.7 Å². The van der Waals surface area contributed by atoms with Gasteiger partial charge in [-0.3, -0.25) is 33.6 Å². The molecule has 2 saturated heterocycles. The summed E-state index contributed by atoms with van der Waals surface area (Å²) in [5.74, 6) is -2.95. The molecular formula is C44H60N10O10S. The van der Waals surface area contributed by atoms with Crippen LogP contribution in [-0.2, 0) is 55.9 Å². The van der Waals surface area contributed by atoms with Gasteiger partial charge >= 0.3 is 12.2 Å². The fourth-order valence-corrected chi connectivity index (χ4v) is 8.70. The molecule has 2 aromatic rings. The van der Waals surface area contributed by atoms with Gasteiger partial charge in [0.05, 0.1) is 45.1 Å².